The number of carbonyl (C=O) groups is 2. The summed E-state index contributed by atoms with van der Waals surface area (Å²) in [7, 11) is -3.96. The number of aromatic hydroxyl groups is 1. The minimum absolute atomic E-state index is 0.0219. The molecule has 0 saturated carbocycles. The van der Waals surface area contributed by atoms with Gasteiger partial charge in [-0.1, -0.05) is 82.3 Å². The average Bonchev–Trinajstić information content (AvgIpc) is 1.60. The van der Waals surface area contributed by atoms with Crippen LogP contribution in [0.15, 0.2) is 85.3 Å². The van der Waals surface area contributed by atoms with Crippen molar-refractivity contribution in [3.63, 3.8) is 0 Å². The van der Waals surface area contributed by atoms with Crippen molar-refractivity contribution < 1.29 is 66.7 Å². The fourth-order valence-corrected chi connectivity index (χ4v) is 14.9. The second-order valence-electron chi connectivity index (χ2n) is 26.8. The Morgan fingerprint density at radius 2 is 0.933 bits per heavy atom. The van der Waals surface area contributed by atoms with Gasteiger partial charge in [0.15, 0.2) is 66.1 Å². The summed E-state index contributed by atoms with van der Waals surface area (Å²) in [4.78, 5) is 43.5. The molecule has 0 amide bonds. The van der Waals surface area contributed by atoms with E-state index in [0.29, 0.717) is 110 Å². The van der Waals surface area contributed by atoms with Crippen molar-refractivity contribution in [3.8, 4) is 28.7 Å². The number of pyridine rings is 5. The van der Waals surface area contributed by atoms with Crippen molar-refractivity contribution in [1.29, 1.82) is 0 Å². The third-order valence-electron chi connectivity index (χ3n) is 14.6. The Labute approximate surface area is 684 Å². The van der Waals surface area contributed by atoms with Crippen LogP contribution in [0.1, 0.15) is 217 Å². The molecule has 7 rings (SSSR count). The number of ether oxygens (including phenoxy) is 4. The molecule has 0 aliphatic carbocycles. The zero-order valence-electron chi connectivity index (χ0n) is 60.7. The zero-order chi connectivity index (χ0) is 79.2. The van der Waals surface area contributed by atoms with Gasteiger partial charge in [0.25, 0.3) is 0 Å². The Balaban J connectivity index is 0.000000343. The molecular weight excluding hydrogens is 1840 g/mol. The summed E-state index contributed by atoms with van der Waals surface area (Å²) in [5.74, 6) is 1.50. The number of halogens is 8. The number of hydrogen-bond donors (Lipinski definition) is 7. The van der Waals surface area contributed by atoms with E-state index < -0.39 is 82.7 Å². The first-order valence-electron chi connectivity index (χ1n) is 32.5. The summed E-state index contributed by atoms with van der Waals surface area (Å²) in [6.45, 7) is 40.4. The van der Waals surface area contributed by atoms with Gasteiger partial charge in [-0.2, -0.15) is 4.40 Å². The number of nitrogens with one attached hydrogen (secondary N) is 2. The molecule has 5 aromatic rings. The highest BCUT2D eigenvalue weighted by molar-refractivity contribution is 14.1. The number of aliphatic hydroxyl groups excluding tert-OH is 4. The Hall–Kier alpha value is -3.43. The molecule has 7 N–H and O–H groups in total. The van der Waals surface area contributed by atoms with E-state index in [1.807, 2.05) is 114 Å². The largest absolute Gasteiger partial charge is 0.504 e. The first-order valence-corrected chi connectivity index (χ1v) is 41.0. The molecular formula is C71H94Cl5I3N8O14S3. The normalized spacial score (nSPS) is 17.3. The molecule has 0 radical (unpaired) electrons. The number of hydrogen-bond acceptors (Lipinski definition) is 19. The predicted molar refractivity (Wildman–Crippen MR) is 444 cm³/mol. The molecule has 0 spiro atoms. The quantitative estimate of drug-likeness (QED) is 0.00804. The van der Waals surface area contributed by atoms with Crippen LogP contribution in [0.2, 0.25) is 25.8 Å². The average molecular weight is 1940 g/mol. The zero-order valence-corrected chi connectivity index (χ0v) is 73.4. The van der Waals surface area contributed by atoms with Gasteiger partial charge in [-0.25, -0.2) is 47.0 Å². The van der Waals surface area contributed by atoms with Gasteiger partial charge in [-0.15, -0.1) is 26.3 Å². The van der Waals surface area contributed by atoms with Gasteiger partial charge >= 0.3 is 0 Å². The second-order valence-corrected chi connectivity index (χ2v) is 37.9. The van der Waals surface area contributed by atoms with Crippen molar-refractivity contribution in [2.75, 3.05) is 26.4 Å². The maximum Gasteiger partial charge on any atom is 0.178 e. The topological polar surface area (TPSA) is 324 Å². The molecule has 0 fully saturated rings. The molecule has 104 heavy (non-hydrogen) atoms. The van der Waals surface area contributed by atoms with Crippen LogP contribution in [0.5, 0.6) is 28.7 Å². The van der Waals surface area contributed by atoms with E-state index in [1.54, 1.807) is 76.3 Å². The fourth-order valence-electron chi connectivity index (χ4n) is 8.68. The maximum atomic E-state index is 12.7. The SMILES string of the molecule is C=CCCC(=O)COc1c(I)cc(C(C)O)nc1Cl.C=CCCC(COc1c(I)cc(C(C)O)nc1Cl)=NS(=O)C(C)(C)C.C=CCCC1(NS(=O)C(C)(C)C)COc2c1cc(C(C)=O)nc2Cl.C=CCCC1(NS(=O)C(C)(C)C)COc2c1cc(C(C)O)nc2Cl.CC(O)c1cc(I)c(O)c(Cl)n1. The molecule has 2 aliphatic rings. The van der Waals surface area contributed by atoms with Crippen molar-refractivity contribution >= 4 is 176 Å². The van der Waals surface area contributed by atoms with Gasteiger partial charge in [0, 0.05) is 24.5 Å². The number of aliphatic hydroxyl groups is 4. The Kier molecular flexibility index (Phi) is 39.4. The second kappa shape index (κ2) is 43.2. The summed E-state index contributed by atoms with van der Waals surface area (Å²) < 4.78 is 72.0. The molecule has 22 nitrogen and oxygen atoms in total. The molecule has 33 heteroatoms. The highest BCUT2D eigenvalue weighted by Gasteiger charge is 2.46. The smallest absolute Gasteiger partial charge is 0.178 e. The highest BCUT2D eigenvalue weighted by Crippen LogP contribution is 2.47. The van der Waals surface area contributed by atoms with Crippen LogP contribution >= 0.6 is 126 Å². The van der Waals surface area contributed by atoms with Crippen molar-refractivity contribution in [1.82, 2.24) is 34.4 Å². The van der Waals surface area contributed by atoms with E-state index in [2.05, 4.69) is 87.7 Å². The summed E-state index contributed by atoms with van der Waals surface area (Å²) in [5.41, 5.74) is 3.00. The Morgan fingerprint density at radius 1 is 0.567 bits per heavy atom. The lowest BCUT2D eigenvalue weighted by Gasteiger charge is -2.32. The van der Waals surface area contributed by atoms with Gasteiger partial charge in [-0.05, 0) is 233 Å². The van der Waals surface area contributed by atoms with E-state index in [4.69, 9.17) is 82.1 Å². The number of aromatic nitrogens is 5. The minimum atomic E-state index is -1.36. The Bertz CT molecular complexity index is 3880. The van der Waals surface area contributed by atoms with Gasteiger partial charge in [0.05, 0.1) is 111 Å². The lowest BCUT2D eigenvalue weighted by atomic mass is 9.88. The molecule has 0 bridgehead atoms. The van der Waals surface area contributed by atoms with E-state index >= 15 is 0 Å². The number of Topliss-reactive ketones (excluding diaryl/α,β-unsaturated/α-hetero) is 2. The third kappa shape index (κ3) is 28.8. The van der Waals surface area contributed by atoms with Crippen LogP contribution in [0.3, 0.4) is 0 Å². The number of nitrogens with zero attached hydrogens (tertiary/aromatic N) is 6. The van der Waals surface area contributed by atoms with Crippen molar-refractivity contribution in [2.24, 2.45) is 4.40 Å². The molecule has 576 valence electrons. The number of allylic oxidation sites excluding steroid dienone is 4. The molecule has 5 aromatic heterocycles. The summed E-state index contributed by atoms with van der Waals surface area (Å²) >= 11 is 36.2. The first-order chi connectivity index (χ1) is 48.2. The van der Waals surface area contributed by atoms with Crippen molar-refractivity contribution in [3.05, 3.63) is 157 Å². The standard InChI is InChI=1S/C17H24ClIN2O3S.C17H25ClN2O3S.C17H23ClN2O3S.C13H15ClINO3.C7H7ClINO2/c1-6-7-8-12(21-25(23)17(3,4)5)10-24-15-13(19)9-14(11(2)22)20-16(15)18;2*1-6-7-8-17(20-24(22)16(3,4)5)10-23-14-12(17)9-13(11(2)21)19-15(14)18;1-3-4-5-9(18)7-19-12-10(15)6-11(8(2)17)16-13(12)14;1-3(11)5-2-4(9)6(12)7(8)10-5/h6,9,11,22H,1,7-8,10H2,2-5H3;6,9,11,20-21H,1,7-8,10H2,2-5H3;6,9,20H,1,7-8,10H2,2-5H3;3,6,8,17H,1,4-5,7H2,2H3;2-3,11-12H,1H3. The number of carbonyl (C=O) groups excluding carboxylic acids is 2. The monoisotopic (exact) mass is 1930 g/mol. The Morgan fingerprint density at radius 3 is 1.31 bits per heavy atom. The van der Waals surface area contributed by atoms with Gasteiger partial charge in [0.1, 0.15) is 43.1 Å². The maximum absolute atomic E-state index is 12.7. The highest BCUT2D eigenvalue weighted by atomic mass is 127. The molecule has 0 saturated heterocycles. The molecule has 9 atom stereocenters. The summed E-state index contributed by atoms with van der Waals surface area (Å²) in [6.07, 6.45) is 9.33. The van der Waals surface area contributed by atoms with Gasteiger partial charge in [-0.3, -0.25) is 9.59 Å². The predicted octanol–water partition coefficient (Wildman–Crippen LogP) is 17.0. The lowest BCUT2D eigenvalue weighted by molar-refractivity contribution is -0.121. The van der Waals surface area contributed by atoms with E-state index in [0.717, 1.165) is 21.1 Å². The van der Waals surface area contributed by atoms with E-state index in [-0.39, 0.29) is 68.6 Å². The van der Waals surface area contributed by atoms with Crippen LogP contribution in [0.4, 0.5) is 0 Å². The van der Waals surface area contributed by atoms with E-state index in [9.17, 15) is 42.6 Å². The number of ketones is 2. The first kappa shape index (κ1) is 94.8. The molecule has 7 heterocycles. The van der Waals surface area contributed by atoms with Crippen molar-refractivity contribution in [2.45, 2.75) is 198 Å². The molecule has 9 unspecified atom stereocenters. The molecule has 2 aliphatic heterocycles. The van der Waals surface area contributed by atoms with E-state index in [1.165, 1.54) is 6.92 Å². The lowest BCUT2D eigenvalue weighted by Crippen LogP contribution is -2.49. The summed E-state index contributed by atoms with van der Waals surface area (Å²) in [6, 6.07) is 8.47. The van der Waals surface area contributed by atoms with Gasteiger partial charge < -0.3 is 44.5 Å². The third-order valence-corrected chi connectivity index (χ3v) is 23.2. The summed E-state index contributed by atoms with van der Waals surface area (Å²) in [5, 5.41) is 48.1. The van der Waals surface area contributed by atoms with Crippen LogP contribution in [-0.2, 0) is 48.8 Å². The minimum Gasteiger partial charge on any atom is -0.504 e. The molecule has 0 aromatic carbocycles. The van der Waals surface area contributed by atoms with Crippen LogP contribution < -0.4 is 28.4 Å². The fraction of sp³-hybridized carbons (Fsp3) is 0.493. The van der Waals surface area contributed by atoms with Crippen LogP contribution in [-0.4, -0.2) is 121 Å². The number of rotatable bonds is 28. The number of fused-ring (bicyclic) bond motifs is 2. The van der Waals surface area contributed by atoms with Gasteiger partial charge in [0.2, 0.25) is 0 Å². The van der Waals surface area contributed by atoms with Crippen LogP contribution in [0.25, 0.3) is 0 Å². The van der Waals surface area contributed by atoms with Crippen LogP contribution in [0, 0.1) is 10.7 Å².